The van der Waals surface area contributed by atoms with Gasteiger partial charge in [-0.2, -0.15) is 5.26 Å². The molecule has 0 bridgehead atoms. The first-order chi connectivity index (χ1) is 15.6. The molecule has 0 aliphatic heterocycles. The second kappa shape index (κ2) is 8.05. The topological polar surface area (TPSA) is 119 Å². The monoisotopic (exact) mass is 437 g/mol. The normalized spacial score (nSPS) is 11.2. The number of phenols is 1. The van der Waals surface area contributed by atoms with Crippen molar-refractivity contribution in [1.82, 2.24) is 19.9 Å². The Balaban J connectivity index is 2.12. The van der Waals surface area contributed by atoms with Crippen LogP contribution >= 0.6 is 0 Å². The molecule has 0 aliphatic carbocycles. The summed E-state index contributed by atoms with van der Waals surface area (Å²) in [6, 6.07) is 5.77. The highest BCUT2D eigenvalue weighted by Gasteiger charge is 2.22. The molecule has 164 valence electrons. The Bertz CT molecular complexity index is 1490. The quantitative estimate of drug-likeness (QED) is 0.402. The van der Waals surface area contributed by atoms with Crippen molar-refractivity contribution in [3.8, 4) is 46.0 Å². The number of fused-ring (bicyclic) bond motifs is 1. The fraction of sp³-hybridized carbons (Fsp3) is 0.231. The first kappa shape index (κ1) is 22.0. The molecule has 1 aromatic carbocycles. The number of rotatable bonds is 2. The molecule has 0 amide bonds. The third-order valence-electron chi connectivity index (χ3n) is 5.41. The molecule has 0 spiro atoms. The number of hydrogen-bond acceptors (Lipinski definition) is 6. The number of aromatic amines is 1. The van der Waals surface area contributed by atoms with Crippen molar-refractivity contribution in [3.63, 3.8) is 0 Å². The summed E-state index contributed by atoms with van der Waals surface area (Å²) in [7, 11) is 0. The third-order valence-corrected chi connectivity index (χ3v) is 5.41. The van der Waals surface area contributed by atoms with Crippen molar-refractivity contribution in [1.29, 1.82) is 5.26 Å². The lowest BCUT2D eigenvalue weighted by Crippen LogP contribution is -2.14. The predicted molar refractivity (Wildman–Crippen MR) is 126 cm³/mol. The van der Waals surface area contributed by atoms with Crippen LogP contribution in [0.3, 0.4) is 0 Å². The third kappa shape index (κ3) is 4.03. The Labute approximate surface area is 191 Å². The molecule has 0 radical (unpaired) electrons. The highest BCUT2D eigenvalue weighted by molar-refractivity contribution is 5.99. The van der Waals surface area contributed by atoms with Gasteiger partial charge in [0, 0.05) is 29.7 Å². The van der Waals surface area contributed by atoms with Crippen molar-refractivity contribution in [3.05, 3.63) is 58.8 Å². The first-order valence-corrected chi connectivity index (χ1v) is 10.4. The molecule has 7 heteroatoms. The number of aromatic nitrogens is 4. The van der Waals surface area contributed by atoms with E-state index in [0.717, 1.165) is 11.1 Å². The van der Waals surface area contributed by atoms with Crippen molar-refractivity contribution in [2.75, 3.05) is 0 Å². The Morgan fingerprint density at radius 1 is 1.00 bits per heavy atom. The largest absolute Gasteiger partial charge is 0.508 e. The van der Waals surface area contributed by atoms with Gasteiger partial charge in [0.2, 0.25) is 0 Å². The molecule has 4 aromatic rings. The molecule has 3 aromatic heterocycles. The fourth-order valence-corrected chi connectivity index (χ4v) is 3.79. The lowest BCUT2D eigenvalue weighted by molar-refractivity contribution is 0.143. The van der Waals surface area contributed by atoms with E-state index in [4.69, 9.17) is 0 Å². The smallest absolute Gasteiger partial charge is 0.140 e. The van der Waals surface area contributed by atoms with Crippen LogP contribution in [0.5, 0.6) is 5.75 Å². The molecular weight excluding hydrogens is 414 g/mol. The van der Waals surface area contributed by atoms with Gasteiger partial charge >= 0.3 is 0 Å². The van der Waals surface area contributed by atoms with Crippen LogP contribution in [0.4, 0.5) is 0 Å². The number of aryl methyl sites for hydroxylation is 2. The van der Waals surface area contributed by atoms with Crippen LogP contribution in [-0.2, 0) is 0 Å². The van der Waals surface area contributed by atoms with E-state index in [2.05, 4.69) is 37.8 Å². The number of nitriles is 1. The van der Waals surface area contributed by atoms with E-state index < -0.39 is 5.60 Å². The highest BCUT2D eigenvalue weighted by atomic mass is 16.3. The molecule has 33 heavy (non-hydrogen) atoms. The summed E-state index contributed by atoms with van der Waals surface area (Å²) in [6.07, 6.45) is 4.99. The summed E-state index contributed by atoms with van der Waals surface area (Å²) in [4.78, 5) is 16.4. The Morgan fingerprint density at radius 2 is 1.70 bits per heavy atom. The zero-order valence-electron chi connectivity index (χ0n) is 19.1. The van der Waals surface area contributed by atoms with E-state index in [0.29, 0.717) is 50.4 Å². The van der Waals surface area contributed by atoms with E-state index in [1.807, 2.05) is 19.9 Å². The average molecular weight is 438 g/mol. The molecule has 3 heterocycles. The summed E-state index contributed by atoms with van der Waals surface area (Å²) in [5.41, 5.74) is 4.41. The number of phenolic OH excluding ortho intramolecular Hbond substituents is 1. The zero-order valence-corrected chi connectivity index (χ0v) is 19.1. The van der Waals surface area contributed by atoms with Crippen LogP contribution in [0.1, 0.15) is 41.9 Å². The SMILES string of the molecule is Cc1ncc(-c2[nH]c3ncc(-c4c(C)ccc(O)c4C)c(C#N)c3c2C#CC(C)(C)O)cn1. The lowest BCUT2D eigenvalue weighted by atomic mass is 9.91. The molecule has 0 atom stereocenters. The summed E-state index contributed by atoms with van der Waals surface area (Å²) in [5.74, 6) is 6.68. The summed E-state index contributed by atoms with van der Waals surface area (Å²) in [6.45, 7) is 8.72. The number of pyridine rings is 1. The van der Waals surface area contributed by atoms with E-state index >= 15 is 0 Å². The van der Waals surface area contributed by atoms with E-state index in [1.165, 1.54) is 0 Å². The number of aliphatic hydroxyl groups is 1. The van der Waals surface area contributed by atoms with Gasteiger partial charge in [-0.05, 0) is 57.4 Å². The fourth-order valence-electron chi connectivity index (χ4n) is 3.79. The van der Waals surface area contributed by atoms with E-state index in [9.17, 15) is 15.5 Å². The molecule has 7 nitrogen and oxygen atoms in total. The maximum absolute atomic E-state index is 10.3. The van der Waals surface area contributed by atoms with Crippen LogP contribution < -0.4 is 0 Å². The molecule has 4 rings (SSSR count). The van der Waals surface area contributed by atoms with Crippen LogP contribution in [0.2, 0.25) is 0 Å². The van der Waals surface area contributed by atoms with Crippen LogP contribution in [0, 0.1) is 43.9 Å². The van der Waals surface area contributed by atoms with E-state index in [1.54, 1.807) is 45.4 Å². The Kier molecular flexibility index (Phi) is 5.37. The van der Waals surface area contributed by atoms with Crippen LogP contribution in [0.25, 0.3) is 33.4 Å². The number of aromatic hydroxyl groups is 1. The maximum atomic E-state index is 10.3. The number of benzene rings is 1. The molecular formula is C26H23N5O2. The molecule has 0 saturated carbocycles. The summed E-state index contributed by atoms with van der Waals surface area (Å²) < 4.78 is 0. The lowest BCUT2D eigenvalue weighted by Gasteiger charge is -2.13. The minimum absolute atomic E-state index is 0.146. The van der Waals surface area contributed by atoms with Crippen LogP contribution in [-0.4, -0.2) is 35.8 Å². The summed E-state index contributed by atoms with van der Waals surface area (Å²) >= 11 is 0. The van der Waals surface area contributed by atoms with Gasteiger partial charge in [-0.3, -0.25) is 0 Å². The molecule has 0 saturated heterocycles. The predicted octanol–water partition coefficient (Wildman–Crippen LogP) is 4.31. The summed E-state index contributed by atoms with van der Waals surface area (Å²) in [5, 5.41) is 31.3. The van der Waals surface area contributed by atoms with Gasteiger partial charge in [-0.25, -0.2) is 15.0 Å². The number of H-pyrrole nitrogens is 1. The van der Waals surface area contributed by atoms with Gasteiger partial charge in [-0.1, -0.05) is 17.9 Å². The van der Waals surface area contributed by atoms with Gasteiger partial charge in [-0.15, -0.1) is 0 Å². The Hall–Kier alpha value is -4.20. The Morgan fingerprint density at radius 3 is 2.33 bits per heavy atom. The molecule has 0 fully saturated rings. The van der Waals surface area contributed by atoms with E-state index in [-0.39, 0.29) is 5.75 Å². The number of nitrogens with one attached hydrogen (secondary N) is 1. The van der Waals surface area contributed by atoms with Gasteiger partial charge in [0.05, 0.1) is 22.2 Å². The zero-order chi connectivity index (χ0) is 23.9. The number of nitrogens with zero attached hydrogens (tertiary/aromatic N) is 4. The first-order valence-electron chi connectivity index (χ1n) is 10.4. The molecule has 0 unspecified atom stereocenters. The maximum Gasteiger partial charge on any atom is 0.140 e. The van der Waals surface area contributed by atoms with Gasteiger partial charge in [0.15, 0.2) is 0 Å². The minimum atomic E-state index is -1.24. The average Bonchev–Trinajstić information content (AvgIpc) is 3.13. The van der Waals surface area contributed by atoms with Crippen molar-refractivity contribution >= 4 is 11.0 Å². The molecule has 3 N–H and O–H groups in total. The van der Waals surface area contributed by atoms with Gasteiger partial charge < -0.3 is 15.2 Å². The standard InChI is InChI=1S/C26H23N5O2/c1-14-6-7-21(32)15(2)22(14)20-13-30-25-23(19(20)10-27)18(8-9-26(4,5)33)24(31-25)17-11-28-16(3)29-12-17/h6-7,11-13,32-33H,1-5H3,(H,30,31). The van der Waals surface area contributed by atoms with Crippen LogP contribution in [0.15, 0.2) is 30.7 Å². The van der Waals surface area contributed by atoms with Crippen molar-refractivity contribution in [2.45, 2.75) is 40.2 Å². The van der Waals surface area contributed by atoms with Gasteiger partial charge in [0.1, 0.15) is 28.9 Å². The minimum Gasteiger partial charge on any atom is -0.508 e. The second-order valence-electron chi connectivity index (χ2n) is 8.49. The van der Waals surface area contributed by atoms with Crippen molar-refractivity contribution in [2.24, 2.45) is 0 Å². The van der Waals surface area contributed by atoms with Crippen molar-refractivity contribution < 1.29 is 10.2 Å². The molecule has 0 aliphatic rings. The highest BCUT2D eigenvalue weighted by Crippen LogP contribution is 2.39. The van der Waals surface area contributed by atoms with Gasteiger partial charge in [0.25, 0.3) is 0 Å². The second-order valence-corrected chi connectivity index (χ2v) is 8.49. The number of hydrogen-bond donors (Lipinski definition) is 3.